The number of ether oxygens (including phenoxy) is 2. The molecular formula is C15H24NO6P. The molecule has 1 aromatic carbocycles. The summed E-state index contributed by atoms with van der Waals surface area (Å²) >= 11 is 0. The summed E-state index contributed by atoms with van der Waals surface area (Å²) in [6.45, 7) is 3.16. The van der Waals surface area contributed by atoms with Crippen LogP contribution in [0.5, 0.6) is 5.75 Å². The molecule has 8 heteroatoms. The minimum atomic E-state index is -3.52. The monoisotopic (exact) mass is 345 g/mol. The van der Waals surface area contributed by atoms with E-state index in [1.54, 1.807) is 14.0 Å². The lowest BCUT2D eigenvalue weighted by Gasteiger charge is -2.35. The average molecular weight is 345 g/mol. The number of carbonyl (C=O) groups excluding carboxylic acids is 1. The Bertz CT molecular complexity index is 554. The normalized spacial score (nSPS) is 14.1. The van der Waals surface area contributed by atoms with Gasteiger partial charge in [0.1, 0.15) is 12.4 Å². The van der Waals surface area contributed by atoms with Gasteiger partial charge in [0.15, 0.2) is 5.28 Å². The van der Waals surface area contributed by atoms with Crippen molar-refractivity contribution in [3.63, 3.8) is 0 Å². The molecule has 0 fully saturated rings. The lowest BCUT2D eigenvalue weighted by atomic mass is 10.2. The third kappa shape index (κ3) is 5.04. The summed E-state index contributed by atoms with van der Waals surface area (Å²) in [4.78, 5) is 11.1. The van der Waals surface area contributed by atoms with Crippen LogP contribution >= 0.6 is 7.60 Å². The molecule has 0 amide bonds. The van der Waals surface area contributed by atoms with Crippen molar-refractivity contribution >= 4 is 13.6 Å². The van der Waals surface area contributed by atoms with E-state index in [1.807, 2.05) is 24.3 Å². The summed E-state index contributed by atoms with van der Waals surface area (Å²) in [5.41, 5.74) is 0.943. The second kappa shape index (κ2) is 8.45. The predicted octanol–water partition coefficient (Wildman–Crippen LogP) is 2.55. The highest BCUT2D eigenvalue weighted by atomic mass is 31.2. The zero-order valence-electron chi connectivity index (χ0n) is 14.1. The number of rotatable bonds is 9. The summed E-state index contributed by atoms with van der Waals surface area (Å²) < 4.78 is 33.1. The molecule has 0 saturated heterocycles. The van der Waals surface area contributed by atoms with E-state index in [2.05, 4.69) is 5.32 Å². The van der Waals surface area contributed by atoms with Crippen molar-refractivity contribution in [3.8, 4) is 5.75 Å². The van der Waals surface area contributed by atoms with Gasteiger partial charge in [-0.05, 0) is 24.6 Å². The first-order chi connectivity index (χ1) is 10.8. The number of esters is 1. The topological polar surface area (TPSA) is 83.1 Å². The molecule has 0 aliphatic heterocycles. The summed E-state index contributed by atoms with van der Waals surface area (Å²) in [7, 11) is 0.663. The molecule has 0 heterocycles. The van der Waals surface area contributed by atoms with Crippen LogP contribution < -0.4 is 10.1 Å². The van der Waals surface area contributed by atoms with E-state index in [9.17, 15) is 9.36 Å². The summed E-state index contributed by atoms with van der Waals surface area (Å²) in [5, 5.41) is 1.94. The fourth-order valence-electron chi connectivity index (χ4n) is 1.98. The first-order valence-corrected chi connectivity index (χ1v) is 8.57. The quantitative estimate of drug-likeness (QED) is 0.544. The Morgan fingerprint density at radius 1 is 1.17 bits per heavy atom. The zero-order valence-corrected chi connectivity index (χ0v) is 15.0. The molecule has 0 spiro atoms. The Hall–Kier alpha value is -1.40. The van der Waals surface area contributed by atoms with Crippen LogP contribution in [0.4, 0.5) is 0 Å². The molecule has 0 bridgehead atoms. The van der Waals surface area contributed by atoms with Gasteiger partial charge in [-0.25, -0.2) is 0 Å². The lowest BCUT2D eigenvalue weighted by molar-refractivity contribution is -0.142. The fourth-order valence-corrected chi connectivity index (χ4v) is 3.43. The van der Waals surface area contributed by atoms with Gasteiger partial charge < -0.3 is 18.5 Å². The Kier molecular flexibility index (Phi) is 7.22. The predicted molar refractivity (Wildman–Crippen MR) is 86.5 cm³/mol. The maximum absolute atomic E-state index is 12.8. The van der Waals surface area contributed by atoms with Crippen molar-refractivity contribution in [1.29, 1.82) is 0 Å². The second-order valence-electron chi connectivity index (χ2n) is 5.12. The van der Waals surface area contributed by atoms with Crippen molar-refractivity contribution in [3.05, 3.63) is 29.8 Å². The minimum Gasteiger partial charge on any atom is -0.497 e. The summed E-state index contributed by atoms with van der Waals surface area (Å²) in [5.74, 6) is 0.275. The van der Waals surface area contributed by atoms with Crippen LogP contribution in [-0.2, 0) is 29.7 Å². The number of hydrogen-bond acceptors (Lipinski definition) is 7. The van der Waals surface area contributed by atoms with Crippen LogP contribution in [0.1, 0.15) is 19.4 Å². The molecule has 0 aliphatic carbocycles. The molecule has 0 aliphatic rings. The first-order valence-electron chi connectivity index (χ1n) is 7.03. The van der Waals surface area contributed by atoms with Crippen LogP contribution in [0.15, 0.2) is 24.3 Å². The molecule has 1 rings (SSSR count). The molecule has 1 atom stereocenters. The Balaban J connectivity index is 2.91. The Labute approximate surface area is 136 Å². The van der Waals surface area contributed by atoms with Gasteiger partial charge in [-0.2, -0.15) is 0 Å². The van der Waals surface area contributed by atoms with E-state index in [1.165, 1.54) is 21.1 Å². The van der Waals surface area contributed by atoms with Gasteiger partial charge in [-0.15, -0.1) is 0 Å². The molecule has 0 radical (unpaired) electrons. The van der Waals surface area contributed by atoms with Gasteiger partial charge >= 0.3 is 13.6 Å². The van der Waals surface area contributed by atoms with Crippen molar-refractivity contribution in [2.24, 2.45) is 0 Å². The van der Waals surface area contributed by atoms with Gasteiger partial charge in [0.25, 0.3) is 0 Å². The van der Waals surface area contributed by atoms with Gasteiger partial charge in [0.05, 0.1) is 7.11 Å². The van der Waals surface area contributed by atoms with Crippen LogP contribution in [-0.4, -0.2) is 39.2 Å². The highest BCUT2D eigenvalue weighted by molar-refractivity contribution is 7.55. The maximum Gasteiger partial charge on any atom is 0.353 e. The van der Waals surface area contributed by atoms with E-state index in [0.29, 0.717) is 6.54 Å². The molecule has 23 heavy (non-hydrogen) atoms. The van der Waals surface area contributed by atoms with Crippen LogP contribution in [0.25, 0.3) is 0 Å². The second-order valence-corrected chi connectivity index (χ2v) is 7.83. The number of nitrogens with one attached hydrogen (secondary N) is 1. The number of methoxy groups -OCH3 is 1. The molecule has 1 aromatic rings. The van der Waals surface area contributed by atoms with Crippen molar-refractivity contribution < 1.29 is 27.9 Å². The molecule has 0 saturated carbocycles. The third-order valence-electron chi connectivity index (χ3n) is 3.47. The largest absolute Gasteiger partial charge is 0.497 e. The van der Waals surface area contributed by atoms with Crippen molar-refractivity contribution in [1.82, 2.24) is 5.32 Å². The molecular weight excluding hydrogens is 321 g/mol. The number of benzene rings is 1. The maximum atomic E-state index is 12.8. The Morgan fingerprint density at radius 3 is 2.17 bits per heavy atom. The van der Waals surface area contributed by atoms with Crippen LogP contribution in [0, 0.1) is 0 Å². The minimum absolute atomic E-state index is 0.141. The highest BCUT2D eigenvalue weighted by Crippen LogP contribution is 2.57. The van der Waals surface area contributed by atoms with Gasteiger partial charge in [-0.3, -0.25) is 14.7 Å². The first kappa shape index (κ1) is 19.6. The van der Waals surface area contributed by atoms with Crippen LogP contribution in [0.2, 0.25) is 0 Å². The molecule has 1 unspecified atom stereocenters. The van der Waals surface area contributed by atoms with Crippen molar-refractivity contribution in [2.75, 3.05) is 27.9 Å². The van der Waals surface area contributed by atoms with E-state index >= 15 is 0 Å². The SMILES string of the molecule is COc1ccc(CNC(C)(COC(C)=O)P(=O)(OC)OC)cc1. The van der Waals surface area contributed by atoms with E-state index in [4.69, 9.17) is 18.5 Å². The lowest BCUT2D eigenvalue weighted by Crippen LogP contribution is -2.46. The molecule has 1 N–H and O–H groups in total. The number of carbonyl (C=O) groups is 1. The van der Waals surface area contributed by atoms with Gasteiger partial charge in [0.2, 0.25) is 0 Å². The Morgan fingerprint density at radius 2 is 1.74 bits per heavy atom. The molecule has 7 nitrogen and oxygen atoms in total. The smallest absolute Gasteiger partial charge is 0.353 e. The van der Waals surface area contributed by atoms with Crippen molar-refractivity contribution in [2.45, 2.75) is 25.7 Å². The standard InChI is InChI=1S/C15H24NO6P/c1-12(17)22-11-15(2,23(18,20-4)21-5)16-10-13-6-8-14(19-3)9-7-13/h6-9,16H,10-11H2,1-5H3. The third-order valence-corrected chi connectivity index (χ3v) is 5.93. The zero-order chi connectivity index (χ0) is 17.5. The van der Waals surface area contributed by atoms with Gasteiger partial charge in [-0.1, -0.05) is 12.1 Å². The summed E-state index contributed by atoms with van der Waals surface area (Å²) in [6.07, 6.45) is 0. The molecule has 130 valence electrons. The van der Waals surface area contributed by atoms with E-state index in [-0.39, 0.29) is 6.61 Å². The van der Waals surface area contributed by atoms with Crippen LogP contribution in [0.3, 0.4) is 0 Å². The summed E-state index contributed by atoms with van der Waals surface area (Å²) in [6, 6.07) is 7.41. The van der Waals surface area contributed by atoms with Gasteiger partial charge in [0, 0.05) is 27.7 Å². The van der Waals surface area contributed by atoms with E-state index in [0.717, 1.165) is 11.3 Å². The van der Waals surface area contributed by atoms with E-state index < -0.39 is 18.8 Å². The fraction of sp³-hybridized carbons (Fsp3) is 0.533. The average Bonchev–Trinajstić information content (AvgIpc) is 2.57. The molecule has 0 aromatic heterocycles. The number of hydrogen-bond donors (Lipinski definition) is 1. The highest BCUT2D eigenvalue weighted by Gasteiger charge is 2.47.